The first-order valence-corrected chi connectivity index (χ1v) is 9.00. The Morgan fingerprint density at radius 3 is 2.56 bits per heavy atom. The van der Waals surface area contributed by atoms with Crippen LogP contribution in [0.15, 0.2) is 16.5 Å². The minimum Gasteiger partial charge on any atom is -0.440 e. The zero-order chi connectivity index (χ0) is 17.8. The molecule has 0 aliphatic heterocycles. The number of hydrogen-bond donors (Lipinski definition) is 1. The maximum absolute atomic E-state index is 13.4. The van der Waals surface area contributed by atoms with Crippen LogP contribution in [-0.4, -0.2) is 11.0 Å². The van der Waals surface area contributed by atoms with Gasteiger partial charge in [-0.05, 0) is 48.8 Å². The fourth-order valence-corrected chi connectivity index (χ4v) is 4.14. The Morgan fingerprint density at radius 1 is 1.28 bits per heavy atom. The molecule has 1 aromatic heterocycles. The number of aromatic nitrogens is 1. The number of nitrogens with one attached hydrogen (secondary N) is 1. The second-order valence-corrected chi connectivity index (χ2v) is 8.04. The van der Waals surface area contributed by atoms with Crippen LogP contribution >= 0.6 is 0 Å². The molecule has 2 saturated carbocycles. The van der Waals surface area contributed by atoms with Gasteiger partial charge in [-0.3, -0.25) is 0 Å². The Hall–Kier alpha value is -1.56. The van der Waals surface area contributed by atoms with E-state index in [-0.39, 0.29) is 11.5 Å². The van der Waals surface area contributed by atoms with E-state index < -0.39 is 11.7 Å². The Kier molecular flexibility index (Phi) is 3.87. The van der Waals surface area contributed by atoms with Crippen molar-refractivity contribution in [3.63, 3.8) is 0 Å². The summed E-state index contributed by atoms with van der Waals surface area (Å²) in [4.78, 5) is 4.26. The summed E-state index contributed by atoms with van der Waals surface area (Å²) in [5.74, 6) is 0.292. The van der Waals surface area contributed by atoms with E-state index in [0.717, 1.165) is 12.8 Å². The van der Waals surface area contributed by atoms with Gasteiger partial charge in [0.1, 0.15) is 11.1 Å². The zero-order valence-electron chi connectivity index (χ0n) is 14.5. The van der Waals surface area contributed by atoms with Crippen molar-refractivity contribution in [2.45, 2.75) is 70.6 Å². The number of rotatable bonds is 4. The molecule has 2 aliphatic rings. The first-order valence-electron chi connectivity index (χ1n) is 9.00. The molecule has 3 nitrogen and oxygen atoms in total. The molecule has 0 amide bonds. The van der Waals surface area contributed by atoms with Crippen molar-refractivity contribution in [3.8, 4) is 0 Å². The Labute approximate surface area is 145 Å². The lowest BCUT2D eigenvalue weighted by Gasteiger charge is -2.54. The maximum Gasteiger partial charge on any atom is 0.420 e. The number of alkyl halides is 3. The van der Waals surface area contributed by atoms with Gasteiger partial charge in [0.2, 0.25) is 0 Å². The van der Waals surface area contributed by atoms with Crippen molar-refractivity contribution in [2.75, 3.05) is 0 Å². The molecule has 0 unspecified atom stereocenters. The summed E-state index contributed by atoms with van der Waals surface area (Å²) < 4.78 is 45.7. The highest BCUT2D eigenvalue weighted by Gasteiger charge is 2.47. The van der Waals surface area contributed by atoms with Crippen LogP contribution < -0.4 is 5.32 Å². The molecule has 0 radical (unpaired) electrons. The molecule has 0 bridgehead atoms. The van der Waals surface area contributed by atoms with Crippen molar-refractivity contribution in [1.82, 2.24) is 10.3 Å². The third kappa shape index (κ3) is 3.05. The largest absolute Gasteiger partial charge is 0.440 e. The molecule has 1 aromatic carbocycles. The molecule has 1 N–H and O–H groups in total. The lowest BCUT2D eigenvalue weighted by atomic mass is 9.54. The van der Waals surface area contributed by atoms with Gasteiger partial charge in [0, 0.05) is 18.5 Å². The highest BCUT2D eigenvalue weighted by Crippen LogP contribution is 2.55. The Balaban J connectivity index is 1.56. The second-order valence-electron chi connectivity index (χ2n) is 8.04. The van der Waals surface area contributed by atoms with Crippen LogP contribution in [0.25, 0.3) is 11.1 Å². The molecule has 2 aromatic rings. The minimum absolute atomic E-state index is 0.0521. The predicted octanol–water partition coefficient (Wildman–Crippen LogP) is 5.39. The Bertz CT molecular complexity index is 782. The van der Waals surface area contributed by atoms with Crippen molar-refractivity contribution in [2.24, 2.45) is 5.41 Å². The summed E-state index contributed by atoms with van der Waals surface area (Å²) in [5, 5.41) is 3.41. The quantitative estimate of drug-likeness (QED) is 0.801. The number of nitrogens with zero attached hydrogens (tertiary/aromatic N) is 1. The number of fused-ring (bicyclic) bond motifs is 1. The first kappa shape index (κ1) is 16.9. The van der Waals surface area contributed by atoms with Crippen LogP contribution in [0, 0.1) is 5.41 Å². The van der Waals surface area contributed by atoms with E-state index >= 15 is 0 Å². The van der Waals surface area contributed by atoms with Crippen molar-refractivity contribution < 1.29 is 17.6 Å². The van der Waals surface area contributed by atoms with Gasteiger partial charge in [-0.2, -0.15) is 13.2 Å². The van der Waals surface area contributed by atoms with Gasteiger partial charge in [-0.25, -0.2) is 4.98 Å². The molecule has 4 rings (SSSR count). The molecule has 1 spiro atoms. The van der Waals surface area contributed by atoms with Gasteiger partial charge in [0.25, 0.3) is 0 Å². The molecule has 25 heavy (non-hydrogen) atoms. The lowest BCUT2D eigenvalue weighted by Crippen LogP contribution is -2.51. The molecule has 2 aliphatic carbocycles. The van der Waals surface area contributed by atoms with E-state index in [1.54, 1.807) is 6.07 Å². The maximum atomic E-state index is 13.4. The van der Waals surface area contributed by atoms with Crippen LogP contribution in [-0.2, 0) is 12.7 Å². The molecular weight excluding hydrogens is 329 g/mol. The van der Waals surface area contributed by atoms with Crippen molar-refractivity contribution >= 4 is 11.1 Å². The van der Waals surface area contributed by atoms with Gasteiger partial charge >= 0.3 is 6.18 Å². The van der Waals surface area contributed by atoms with E-state index in [1.165, 1.54) is 25.3 Å². The average Bonchev–Trinajstić information content (AvgIpc) is 2.86. The van der Waals surface area contributed by atoms with Crippen LogP contribution in [0.2, 0.25) is 0 Å². The van der Waals surface area contributed by atoms with E-state index in [0.29, 0.717) is 35.0 Å². The van der Waals surface area contributed by atoms with Crippen LogP contribution in [0.1, 0.15) is 68.9 Å². The summed E-state index contributed by atoms with van der Waals surface area (Å²) in [7, 11) is 0. The van der Waals surface area contributed by atoms with E-state index in [9.17, 15) is 13.2 Å². The molecule has 6 heteroatoms. The monoisotopic (exact) mass is 352 g/mol. The minimum atomic E-state index is -4.45. The smallest absolute Gasteiger partial charge is 0.420 e. The van der Waals surface area contributed by atoms with Crippen LogP contribution in [0.3, 0.4) is 0 Å². The second kappa shape index (κ2) is 5.73. The molecule has 0 saturated heterocycles. The summed E-state index contributed by atoms with van der Waals surface area (Å²) >= 11 is 0. The van der Waals surface area contributed by atoms with Gasteiger partial charge in [-0.15, -0.1) is 0 Å². The lowest BCUT2D eigenvalue weighted by molar-refractivity contribution is -0.136. The third-order valence-corrected chi connectivity index (χ3v) is 5.73. The first-order chi connectivity index (χ1) is 11.8. The summed E-state index contributed by atoms with van der Waals surface area (Å²) in [6.45, 7) is 4.14. The van der Waals surface area contributed by atoms with Crippen LogP contribution in [0.4, 0.5) is 13.2 Å². The van der Waals surface area contributed by atoms with E-state index in [4.69, 9.17) is 4.42 Å². The summed E-state index contributed by atoms with van der Waals surface area (Å²) in [6, 6.07) is 3.33. The van der Waals surface area contributed by atoms with E-state index in [1.807, 2.05) is 13.8 Å². The highest BCUT2D eigenvalue weighted by atomic mass is 19.4. The molecule has 136 valence electrons. The fraction of sp³-hybridized carbons (Fsp3) is 0.632. The molecule has 1 heterocycles. The third-order valence-electron chi connectivity index (χ3n) is 5.73. The number of halogens is 3. The summed E-state index contributed by atoms with van der Waals surface area (Å²) in [6.07, 6.45) is 1.81. The van der Waals surface area contributed by atoms with Crippen molar-refractivity contribution in [3.05, 3.63) is 29.2 Å². The Morgan fingerprint density at radius 2 is 2.00 bits per heavy atom. The molecular formula is C19H23F3N2O. The normalized spacial score (nSPS) is 20.2. The SMILES string of the molecule is CC(C)c1nc2cc(CNC3CC4(CCC4)C3)cc(C(F)(F)F)c2o1. The molecule has 2 fully saturated rings. The average molecular weight is 352 g/mol. The standard InChI is InChI=1S/C19H23F3N2O/c1-11(2)17-24-15-7-12(6-14(16(15)25-17)19(20,21)22)10-23-13-8-18(9-13)4-3-5-18/h6-7,11,13,23H,3-5,8-10H2,1-2H3. The van der Waals surface area contributed by atoms with Crippen LogP contribution in [0.5, 0.6) is 0 Å². The van der Waals surface area contributed by atoms with Gasteiger partial charge in [-0.1, -0.05) is 20.3 Å². The van der Waals surface area contributed by atoms with Gasteiger partial charge in [0.15, 0.2) is 11.5 Å². The molecule has 0 atom stereocenters. The van der Waals surface area contributed by atoms with Crippen molar-refractivity contribution in [1.29, 1.82) is 0 Å². The topological polar surface area (TPSA) is 38.1 Å². The van der Waals surface area contributed by atoms with Gasteiger partial charge in [0.05, 0.1) is 0 Å². The van der Waals surface area contributed by atoms with E-state index in [2.05, 4.69) is 10.3 Å². The zero-order valence-corrected chi connectivity index (χ0v) is 14.5. The number of hydrogen-bond acceptors (Lipinski definition) is 3. The predicted molar refractivity (Wildman–Crippen MR) is 89.2 cm³/mol. The number of benzene rings is 1. The van der Waals surface area contributed by atoms with Gasteiger partial charge < -0.3 is 9.73 Å². The fourth-order valence-electron chi connectivity index (χ4n) is 4.14. The highest BCUT2D eigenvalue weighted by molar-refractivity contribution is 5.78. The summed E-state index contributed by atoms with van der Waals surface area (Å²) in [5.41, 5.74) is 0.566. The number of oxazole rings is 1.